The average Bonchev–Trinajstić information content (AvgIpc) is 3.14. The molecular weight excluding hydrogens is 276 g/mol. The van der Waals surface area contributed by atoms with Gasteiger partial charge in [-0.2, -0.15) is 0 Å². The Morgan fingerprint density at radius 3 is 2.68 bits per heavy atom. The van der Waals surface area contributed by atoms with Crippen LogP contribution in [0.1, 0.15) is 16.9 Å². The van der Waals surface area contributed by atoms with Crippen molar-refractivity contribution in [3.63, 3.8) is 0 Å². The first-order chi connectivity index (χ1) is 10.7. The van der Waals surface area contributed by atoms with Crippen molar-refractivity contribution in [1.29, 1.82) is 0 Å². The van der Waals surface area contributed by atoms with Gasteiger partial charge in [-0.1, -0.05) is 42.5 Å². The Kier molecular flexibility index (Phi) is 4.11. The highest BCUT2D eigenvalue weighted by atomic mass is 16.3. The first-order valence-electron chi connectivity index (χ1n) is 7.50. The summed E-state index contributed by atoms with van der Waals surface area (Å²) in [5.41, 5.74) is 2.74. The van der Waals surface area contributed by atoms with Gasteiger partial charge in [-0.3, -0.25) is 4.79 Å². The van der Waals surface area contributed by atoms with E-state index in [1.807, 2.05) is 66.2 Å². The number of rotatable bonds is 4. The van der Waals surface area contributed by atoms with E-state index < -0.39 is 0 Å². The Hall–Kier alpha value is -2.33. The number of nitrogens with zero attached hydrogens (tertiary/aromatic N) is 1. The van der Waals surface area contributed by atoms with Crippen LogP contribution in [0.4, 0.5) is 0 Å². The lowest BCUT2D eigenvalue weighted by Crippen LogP contribution is -2.34. The van der Waals surface area contributed by atoms with E-state index in [9.17, 15) is 4.79 Å². The molecule has 1 amide bonds. The van der Waals surface area contributed by atoms with Crippen LogP contribution in [-0.2, 0) is 7.05 Å². The molecule has 0 saturated heterocycles. The van der Waals surface area contributed by atoms with Crippen LogP contribution in [-0.4, -0.2) is 28.2 Å². The van der Waals surface area contributed by atoms with E-state index in [1.54, 1.807) is 0 Å². The van der Waals surface area contributed by atoms with E-state index in [1.165, 1.54) is 0 Å². The Morgan fingerprint density at radius 2 is 2.00 bits per heavy atom. The molecule has 1 aromatic carbocycles. The van der Waals surface area contributed by atoms with Crippen LogP contribution in [0.5, 0.6) is 0 Å². The fourth-order valence-electron chi connectivity index (χ4n) is 2.90. The van der Waals surface area contributed by atoms with Gasteiger partial charge in [-0.05, 0) is 24.1 Å². The standard InChI is InChI=1S/C18H20N2O2/c1-20-16(14-5-3-2-4-6-14)9-10-17(20)18(22)19-15-8-7-13(11-15)12-21/h2-10,13,15,21H,11-12H2,1H3,(H,19,22)/t13-,15+/m0/s1. The molecule has 1 aliphatic carbocycles. The van der Waals surface area contributed by atoms with E-state index >= 15 is 0 Å². The zero-order valence-electron chi connectivity index (χ0n) is 12.6. The molecule has 114 valence electrons. The van der Waals surface area contributed by atoms with E-state index in [4.69, 9.17) is 5.11 Å². The number of carbonyl (C=O) groups excluding carboxylic acids is 1. The van der Waals surface area contributed by atoms with E-state index in [2.05, 4.69) is 5.32 Å². The summed E-state index contributed by atoms with van der Waals surface area (Å²) in [5, 5.41) is 12.1. The second-order valence-corrected chi connectivity index (χ2v) is 5.67. The number of nitrogens with one attached hydrogen (secondary N) is 1. The average molecular weight is 296 g/mol. The summed E-state index contributed by atoms with van der Waals surface area (Å²) in [6, 6.07) is 13.8. The van der Waals surface area contributed by atoms with Crippen LogP contribution in [0.3, 0.4) is 0 Å². The summed E-state index contributed by atoms with van der Waals surface area (Å²) < 4.78 is 1.91. The van der Waals surface area contributed by atoms with Gasteiger partial charge >= 0.3 is 0 Å². The molecule has 0 bridgehead atoms. The Morgan fingerprint density at radius 1 is 1.23 bits per heavy atom. The molecule has 0 saturated carbocycles. The molecule has 3 rings (SSSR count). The largest absolute Gasteiger partial charge is 0.396 e. The number of amides is 1. The molecule has 2 N–H and O–H groups in total. The molecule has 2 aromatic rings. The summed E-state index contributed by atoms with van der Waals surface area (Å²) >= 11 is 0. The Bertz CT molecular complexity index is 688. The second-order valence-electron chi connectivity index (χ2n) is 5.67. The zero-order chi connectivity index (χ0) is 15.5. The molecule has 4 nitrogen and oxygen atoms in total. The number of benzene rings is 1. The van der Waals surface area contributed by atoms with Crippen molar-refractivity contribution >= 4 is 5.91 Å². The number of aromatic nitrogens is 1. The highest BCUT2D eigenvalue weighted by Crippen LogP contribution is 2.22. The Balaban J connectivity index is 1.75. The van der Waals surface area contributed by atoms with Gasteiger partial charge in [-0.25, -0.2) is 0 Å². The molecule has 1 heterocycles. The lowest BCUT2D eigenvalue weighted by atomic mass is 10.1. The van der Waals surface area contributed by atoms with Crippen LogP contribution in [0.15, 0.2) is 54.6 Å². The molecule has 2 atom stereocenters. The third kappa shape index (κ3) is 2.83. The zero-order valence-corrected chi connectivity index (χ0v) is 12.6. The number of hydrogen-bond donors (Lipinski definition) is 2. The van der Waals surface area contributed by atoms with Crippen LogP contribution in [0.25, 0.3) is 11.3 Å². The van der Waals surface area contributed by atoms with Crippen LogP contribution < -0.4 is 5.32 Å². The maximum atomic E-state index is 12.4. The lowest BCUT2D eigenvalue weighted by Gasteiger charge is -2.14. The highest BCUT2D eigenvalue weighted by Gasteiger charge is 2.21. The topological polar surface area (TPSA) is 54.3 Å². The fraction of sp³-hybridized carbons (Fsp3) is 0.278. The lowest BCUT2D eigenvalue weighted by molar-refractivity contribution is 0.0933. The molecule has 0 aliphatic heterocycles. The molecule has 0 spiro atoms. The number of carbonyl (C=O) groups is 1. The van der Waals surface area contributed by atoms with Gasteiger partial charge in [0.05, 0.1) is 0 Å². The summed E-state index contributed by atoms with van der Waals surface area (Å²) in [4.78, 5) is 12.4. The number of hydrogen-bond acceptors (Lipinski definition) is 2. The van der Waals surface area contributed by atoms with Crippen LogP contribution in [0.2, 0.25) is 0 Å². The number of aliphatic hydroxyl groups is 1. The van der Waals surface area contributed by atoms with E-state index in [0.717, 1.165) is 17.7 Å². The van der Waals surface area contributed by atoms with Gasteiger partial charge in [0.1, 0.15) is 5.69 Å². The summed E-state index contributed by atoms with van der Waals surface area (Å²) in [5.74, 6) is 0.0662. The van der Waals surface area contributed by atoms with Crippen molar-refractivity contribution in [1.82, 2.24) is 9.88 Å². The normalized spacial score (nSPS) is 20.3. The third-order valence-corrected chi connectivity index (χ3v) is 4.15. The minimum atomic E-state index is -0.0853. The van der Waals surface area contributed by atoms with Gasteiger partial charge < -0.3 is 15.0 Å². The maximum Gasteiger partial charge on any atom is 0.268 e. The van der Waals surface area contributed by atoms with Crippen molar-refractivity contribution in [2.24, 2.45) is 13.0 Å². The molecule has 1 aliphatic rings. The van der Waals surface area contributed by atoms with E-state index in [0.29, 0.717) is 5.69 Å². The minimum Gasteiger partial charge on any atom is -0.396 e. The quantitative estimate of drug-likeness (QED) is 0.851. The Labute approximate surface area is 130 Å². The summed E-state index contributed by atoms with van der Waals surface area (Å²) in [6.45, 7) is 0.130. The molecule has 0 unspecified atom stereocenters. The van der Waals surface area contributed by atoms with Gasteiger partial charge in [0, 0.05) is 31.3 Å². The van der Waals surface area contributed by atoms with Crippen molar-refractivity contribution in [2.45, 2.75) is 12.5 Å². The molecule has 0 radical (unpaired) electrons. The van der Waals surface area contributed by atoms with Crippen LogP contribution >= 0.6 is 0 Å². The van der Waals surface area contributed by atoms with Gasteiger partial charge in [0.2, 0.25) is 0 Å². The van der Waals surface area contributed by atoms with Crippen molar-refractivity contribution in [3.8, 4) is 11.3 Å². The van der Waals surface area contributed by atoms with Gasteiger partial charge in [0.25, 0.3) is 5.91 Å². The molecule has 4 heteroatoms. The van der Waals surface area contributed by atoms with Crippen molar-refractivity contribution < 1.29 is 9.90 Å². The molecule has 1 aromatic heterocycles. The van der Waals surface area contributed by atoms with E-state index in [-0.39, 0.29) is 24.5 Å². The van der Waals surface area contributed by atoms with Gasteiger partial charge in [0.15, 0.2) is 0 Å². The smallest absolute Gasteiger partial charge is 0.268 e. The first kappa shape index (κ1) is 14.6. The minimum absolute atomic E-state index is 0.000254. The summed E-state index contributed by atoms with van der Waals surface area (Å²) in [6.07, 6.45) is 4.68. The first-order valence-corrected chi connectivity index (χ1v) is 7.50. The maximum absolute atomic E-state index is 12.4. The van der Waals surface area contributed by atoms with Crippen LogP contribution in [0, 0.1) is 5.92 Å². The summed E-state index contributed by atoms with van der Waals surface area (Å²) in [7, 11) is 1.90. The molecule has 22 heavy (non-hydrogen) atoms. The van der Waals surface area contributed by atoms with Gasteiger partial charge in [-0.15, -0.1) is 0 Å². The highest BCUT2D eigenvalue weighted by molar-refractivity contribution is 5.94. The number of aliphatic hydroxyl groups excluding tert-OH is 1. The fourth-order valence-corrected chi connectivity index (χ4v) is 2.90. The predicted octanol–water partition coefficient (Wildman–Crippen LogP) is 2.36. The molecule has 0 fully saturated rings. The predicted molar refractivity (Wildman–Crippen MR) is 86.4 cm³/mol. The second kappa shape index (κ2) is 6.20. The monoisotopic (exact) mass is 296 g/mol. The third-order valence-electron chi connectivity index (χ3n) is 4.15. The molecular formula is C18H20N2O2. The SMILES string of the molecule is Cn1c(C(=O)N[C@@H]2C=C[C@H](CO)C2)ccc1-c1ccccc1. The van der Waals surface area contributed by atoms with Crippen molar-refractivity contribution in [3.05, 3.63) is 60.3 Å². The van der Waals surface area contributed by atoms with Crippen molar-refractivity contribution in [2.75, 3.05) is 6.61 Å².